The third kappa shape index (κ3) is 2.48. The summed E-state index contributed by atoms with van der Waals surface area (Å²) in [5.41, 5.74) is 14.9. The molecule has 1 aromatic rings. The minimum atomic E-state index is -1.06. The first-order valence-corrected chi connectivity index (χ1v) is 5.95. The normalized spacial score (nSPS) is 18.2. The fraction of sp³-hybridized carbons (Fsp3) is 0.462. The van der Waals surface area contributed by atoms with Gasteiger partial charge in [0.1, 0.15) is 6.04 Å². The number of carbonyl (C=O) groups is 1. The summed E-state index contributed by atoms with van der Waals surface area (Å²) in [5, 5.41) is 8.85. The Morgan fingerprint density at radius 2 is 1.82 bits per heavy atom. The summed E-state index contributed by atoms with van der Waals surface area (Å²) < 4.78 is 0. The van der Waals surface area contributed by atoms with Crippen LogP contribution in [0.3, 0.4) is 0 Å². The van der Waals surface area contributed by atoms with Gasteiger partial charge >= 0.3 is 5.97 Å². The minimum absolute atomic E-state index is 0.639. The molecule has 0 aromatic heterocycles. The number of rotatable bonds is 3. The van der Waals surface area contributed by atoms with Gasteiger partial charge in [0.2, 0.25) is 0 Å². The molecule has 2 rings (SSSR count). The third-order valence-corrected chi connectivity index (χ3v) is 3.43. The number of aryl methyl sites for hydroxylation is 2. The van der Waals surface area contributed by atoms with Crippen molar-refractivity contribution in [2.24, 2.45) is 11.5 Å². The van der Waals surface area contributed by atoms with Gasteiger partial charge in [0.15, 0.2) is 0 Å². The zero-order valence-corrected chi connectivity index (χ0v) is 9.73. The topological polar surface area (TPSA) is 89.3 Å². The fourth-order valence-corrected chi connectivity index (χ4v) is 2.32. The van der Waals surface area contributed by atoms with E-state index in [1.165, 1.54) is 24.0 Å². The van der Waals surface area contributed by atoms with Crippen molar-refractivity contribution in [2.75, 3.05) is 0 Å². The van der Waals surface area contributed by atoms with E-state index in [9.17, 15) is 4.79 Å². The molecule has 0 amide bonds. The standard InChI is InChI=1S/C13H18N2O2/c14-11(12(15)13(16)17)10-6-5-8-3-1-2-4-9(8)7-10/h5-7,11-12H,1-4,14-15H2,(H,16,17). The molecule has 5 N–H and O–H groups in total. The Labute approximate surface area is 101 Å². The smallest absolute Gasteiger partial charge is 0.322 e. The predicted molar refractivity (Wildman–Crippen MR) is 65.6 cm³/mol. The highest BCUT2D eigenvalue weighted by atomic mass is 16.4. The first-order chi connectivity index (χ1) is 8.09. The molecular weight excluding hydrogens is 216 g/mol. The number of carboxylic acids is 1. The van der Waals surface area contributed by atoms with Crippen LogP contribution in [0, 0.1) is 0 Å². The molecule has 0 fully saturated rings. The average molecular weight is 234 g/mol. The van der Waals surface area contributed by atoms with Gasteiger partial charge in [-0.3, -0.25) is 4.79 Å². The van der Waals surface area contributed by atoms with E-state index >= 15 is 0 Å². The zero-order chi connectivity index (χ0) is 12.4. The maximum absolute atomic E-state index is 10.8. The molecule has 2 atom stereocenters. The molecule has 92 valence electrons. The highest BCUT2D eigenvalue weighted by molar-refractivity contribution is 5.74. The Kier molecular flexibility index (Phi) is 3.45. The lowest BCUT2D eigenvalue weighted by atomic mass is 9.88. The van der Waals surface area contributed by atoms with E-state index in [1.807, 2.05) is 12.1 Å². The highest BCUT2D eigenvalue weighted by Crippen LogP contribution is 2.24. The molecular formula is C13H18N2O2. The Morgan fingerprint density at radius 1 is 1.18 bits per heavy atom. The molecule has 0 heterocycles. The maximum Gasteiger partial charge on any atom is 0.322 e. The van der Waals surface area contributed by atoms with Gasteiger partial charge < -0.3 is 16.6 Å². The molecule has 1 aliphatic rings. The van der Waals surface area contributed by atoms with Crippen molar-refractivity contribution < 1.29 is 9.90 Å². The van der Waals surface area contributed by atoms with Gasteiger partial charge in [0.25, 0.3) is 0 Å². The van der Waals surface area contributed by atoms with Crippen LogP contribution >= 0.6 is 0 Å². The van der Waals surface area contributed by atoms with Crippen LogP contribution < -0.4 is 11.5 Å². The summed E-state index contributed by atoms with van der Waals surface area (Å²) >= 11 is 0. The van der Waals surface area contributed by atoms with Gasteiger partial charge in [0, 0.05) is 0 Å². The van der Waals surface area contributed by atoms with Crippen LogP contribution in [0.2, 0.25) is 0 Å². The number of hydrogen-bond acceptors (Lipinski definition) is 3. The molecule has 0 bridgehead atoms. The summed E-state index contributed by atoms with van der Waals surface area (Å²) in [4.78, 5) is 10.8. The SMILES string of the molecule is NC(C(=O)O)C(N)c1ccc2c(c1)CCCC2. The molecule has 0 saturated carbocycles. The number of fused-ring (bicyclic) bond motifs is 1. The lowest BCUT2D eigenvalue weighted by Crippen LogP contribution is -2.40. The van der Waals surface area contributed by atoms with E-state index < -0.39 is 18.1 Å². The Hall–Kier alpha value is -1.39. The van der Waals surface area contributed by atoms with Gasteiger partial charge in [-0.1, -0.05) is 18.2 Å². The molecule has 0 spiro atoms. The number of aliphatic carboxylic acids is 1. The van der Waals surface area contributed by atoms with Crippen LogP contribution in [-0.2, 0) is 17.6 Å². The van der Waals surface area contributed by atoms with E-state index in [2.05, 4.69) is 6.07 Å². The van der Waals surface area contributed by atoms with Crippen molar-refractivity contribution in [1.29, 1.82) is 0 Å². The average Bonchev–Trinajstić information content (AvgIpc) is 2.36. The molecule has 4 nitrogen and oxygen atoms in total. The molecule has 0 saturated heterocycles. The zero-order valence-electron chi connectivity index (χ0n) is 9.73. The molecule has 4 heteroatoms. The molecule has 1 aliphatic carbocycles. The Bertz CT molecular complexity index is 431. The molecule has 17 heavy (non-hydrogen) atoms. The Morgan fingerprint density at radius 3 is 2.47 bits per heavy atom. The fourth-order valence-electron chi connectivity index (χ4n) is 2.32. The van der Waals surface area contributed by atoms with Crippen molar-refractivity contribution in [2.45, 2.75) is 37.8 Å². The monoisotopic (exact) mass is 234 g/mol. The van der Waals surface area contributed by atoms with E-state index in [1.54, 1.807) is 0 Å². The van der Waals surface area contributed by atoms with Gasteiger partial charge in [-0.25, -0.2) is 0 Å². The highest BCUT2D eigenvalue weighted by Gasteiger charge is 2.23. The number of nitrogens with two attached hydrogens (primary N) is 2. The summed E-state index contributed by atoms with van der Waals surface area (Å²) in [7, 11) is 0. The van der Waals surface area contributed by atoms with Crippen LogP contribution in [0.25, 0.3) is 0 Å². The lowest BCUT2D eigenvalue weighted by Gasteiger charge is -2.21. The predicted octanol–water partition coefficient (Wildman–Crippen LogP) is 0.977. The van der Waals surface area contributed by atoms with Crippen LogP contribution in [-0.4, -0.2) is 17.1 Å². The van der Waals surface area contributed by atoms with Crippen molar-refractivity contribution in [3.63, 3.8) is 0 Å². The number of carboxylic acid groups (broad SMARTS) is 1. The molecule has 1 aromatic carbocycles. The van der Waals surface area contributed by atoms with Crippen LogP contribution in [0.1, 0.15) is 35.6 Å². The van der Waals surface area contributed by atoms with Crippen molar-refractivity contribution in [3.8, 4) is 0 Å². The molecule has 2 unspecified atom stereocenters. The molecule has 0 radical (unpaired) electrons. The first kappa shape index (κ1) is 12.1. The van der Waals surface area contributed by atoms with Gasteiger partial charge in [-0.2, -0.15) is 0 Å². The van der Waals surface area contributed by atoms with E-state index in [0.717, 1.165) is 18.4 Å². The van der Waals surface area contributed by atoms with Gasteiger partial charge in [0.05, 0.1) is 6.04 Å². The second-order valence-electron chi connectivity index (χ2n) is 4.63. The minimum Gasteiger partial charge on any atom is -0.480 e. The van der Waals surface area contributed by atoms with E-state index in [4.69, 9.17) is 16.6 Å². The van der Waals surface area contributed by atoms with Gasteiger partial charge in [-0.15, -0.1) is 0 Å². The number of benzene rings is 1. The van der Waals surface area contributed by atoms with Crippen molar-refractivity contribution in [1.82, 2.24) is 0 Å². The van der Waals surface area contributed by atoms with Crippen molar-refractivity contribution in [3.05, 3.63) is 34.9 Å². The van der Waals surface area contributed by atoms with Gasteiger partial charge in [-0.05, 0) is 42.4 Å². The lowest BCUT2D eigenvalue weighted by molar-refractivity contribution is -0.139. The second kappa shape index (κ2) is 4.85. The summed E-state index contributed by atoms with van der Waals surface area (Å²) in [6.45, 7) is 0. The quantitative estimate of drug-likeness (QED) is 0.727. The van der Waals surface area contributed by atoms with Crippen LogP contribution in [0.4, 0.5) is 0 Å². The summed E-state index contributed by atoms with van der Waals surface area (Å²) in [5.74, 6) is -1.06. The summed E-state index contributed by atoms with van der Waals surface area (Å²) in [6, 6.07) is 4.29. The molecule has 0 aliphatic heterocycles. The van der Waals surface area contributed by atoms with Crippen LogP contribution in [0.5, 0.6) is 0 Å². The van der Waals surface area contributed by atoms with Crippen molar-refractivity contribution >= 4 is 5.97 Å². The maximum atomic E-state index is 10.8. The second-order valence-corrected chi connectivity index (χ2v) is 4.63. The third-order valence-electron chi connectivity index (χ3n) is 3.43. The summed E-state index contributed by atoms with van der Waals surface area (Å²) in [6.07, 6.45) is 4.58. The first-order valence-electron chi connectivity index (χ1n) is 5.95. The largest absolute Gasteiger partial charge is 0.480 e. The Balaban J connectivity index is 2.24. The van der Waals surface area contributed by atoms with E-state index in [-0.39, 0.29) is 0 Å². The number of hydrogen-bond donors (Lipinski definition) is 3. The van der Waals surface area contributed by atoms with Crippen LogP contribution in [0.15, 0.2) is 18.2 Å². The van der Waals surface area contributed by atoms with E-state index in [0.29, 0.717) is 0 Å².